The van der Waals surface area contributed by atoms with Crippen molar-refractivity contribution in [2.24, 2.45) is 0 Å². The van der Waals surface area contributed by atoms with Crippen molar-refractivity contribution < 1.29 is 9.32 Å². The van der Waals surface area contributed by atoms with Crippen LogP contribution in [0.4, 0.5) is 5.82 Å². The van der Waals surface area contributed by atoms with Gasteiger partial charge in [0.15, 0.2) is 0 Å². The minimum Gasteiger partial charge on any atom is -0.355 e. The maximum atomic E-state index is 12.6. The zero-order valence-corrected chi connectivity index (χ0v) is 14.5. The Kier molecular flexibility index (Phi) is 4.83. The number of amides is 1. The fourth-order valence-electron chi connectivity index (χ4n) is 3.10. The van der Waals surface area contributed by atoms with E-state index in [2.05, 4.69) is 15.0 Å². The number of anilines is 1. The molecule has 0 aliphatic carbocycles. The van der Waals surface area contributed by atoms with Crippen molar-refractivity contribution in [3.05, 3.63) is 41.4 Å². The van der Waals surface area contributed by atoms with Crippen LogP contribution in [0.25, 0.3) is 0 Å². The van der Waals surface area contributed by atoms with Crippen LogP contribution in [0.5, 0.6) is 0 Å². The molecular weight excluding hydrogens is 304 g/mol. The third kappa shape index (κ3) is 3.42. The van der Waals surface area contributed by atoms with Gasteiger partial charge < -0.3 is 14.3 Å². The summed E-state index contributed by atoms with van der Waals surface area (Å²) >= 11 is 0. The number of aryl methyl sites for hydroxylation is 2. The third-order valence-electron chi connectivity index (χ3n) is 4.59. The van der Waals surface area contributed by atoms with E-state index in [1.807, 2.05) is 39.1 Å². The van der Waals surface area contributed by atoms with Crippen LogP contribution in [0.1, 0.15) is 41.7 Å². The molecular formula is C18H24N4O2. The minimum atomic E-state index is -0.105. The number of likely N-dealkylation sites (N-methyl/N-ethyl adjacent to an activating group) is 1. The van der Waals surface area contributed by atoms with E-state index in [4.69, 9.17) is 4.52 Å². The van der Waals surface area contributed by atoms with E-state index in [0.29, 0.717) is 5.76 Å². The average Bonchev–Trinajstić information content (AvgIpc) is 3.10. The Morgan fingerprint density at radius 2 is 2.29 bits per heavy atom. The zero-order valence-electron chi connectivity index (χ0n) is 14.5. The predicted molar refractivity (Wildman–Crippen MR) is 92.2 cm³/mol. The summed E-state index contributed by atoms with van der Waals surface area (Å²) in [6.45, 7) is 5.74. The smallest absolute Gasteiger partial charge is 0.292 e. The highest BCUT2D eigenvalue weighted by molar-refractivity contribution is 5.91. The Morgan fingerprint density at radius 1 is 1.46 bits per heavy atom. The first-order valence-corrected chi connectivity index (χ1v) is 8.50. The average molecular weight is 328 g/mol. The second kappa shape index (κ2) is 7.03. The summed E-state index contributed by atoms with van der Waals surface area (Å²) in [5.41, 5.74) is 1.81. The Bertz CT molecular complexity index is 713. The number of nitrogens with zero attached hydrogens (tertiary/aromatic N) is 4. The lowest BCUT2D eigenvalue weighted by Gasteiger charge is -2.38. The molecule has 1 unspecified atom stereocenters. The molecule has 1 aliphatic rings. The van der Waals surface area contributed by atoms with Crippen LogP contribution in [0.15, 0.2) is 28.8 Å². The lowest BCUT2D eigenvalue weighted by atomic mass is 10.0. The quantitative estimate of drug-likeness (QED) is 0.863. The first kappa shape index (κ1) is 16.5. The zero-order chi connectivity index (χ0) is 17.1. The largest absolute Gasteiger partial charge is 0.355 e. The summed E-state index contributed by atoms with van der Waals surface area (Å²) in [5, 5.41) is 3.91. The molecule has 3 heterocycles. The van der Waals surface area contributed by atoms with Crippen molar-refractivity contribution >= 4 is 11.7 Å². The Hall–Kier alpha value is -2.37. The van der Waals surface area contributed by atoms with Gasteiger partial charge in [0.25, 0.3) is 5.91 Å². The molecule has 24 heavy (non-hydrogen) atoms. The fourth-order valence-corrected chi connectivity index (χ4v) is 3.10. The maximum Gasteiger partial charge on any atom is 0.292 e. The van der Waals surface area contributed by atoms with Crippen LogP contribution in [-0.2, 0) is 6.42 Å². The molecule has 0 radical (unpaired) electrons. The van der Waals surface area contributed by atoms with Crippen molar-refractivity contribution in [2.45, 2.75) is 39.2 Å². The molecule has 6 nitrogen and oxygen atoms in total. The molecule has 2 aromatic rings. The van der Waals surface area contributed by atoms with Crippen molar-refractivity contribution in [1.29, 1.82) is 0 Å². The molecule has 1 aliphatic heterocycles. The van der Waals surface area contributed by atoms with Gasteiger partial charge in [0, 0.05) is 37.9 Å². The SMILES string of the molecule is CCc1cc(C(=O)N(C)C2CCCN(c3cccc(C)n3)C2)on1. The molecule has 1 atom stereocenters. The van der Waals surface area contributed by atoms with Crippen LogP contribution >= 0.6 is 0 Å². The van der Waals surface area contributed by atoms with Gasteiger partial charge >= 0.3 is 0 Å². The number of hydrogen-bond acceptors (Lipinski definition) is 5. The lowest BCUT2D eigenvalue weighted by molar-refractivity contribution is 0.0675. The van der Waals surface area contributed by atoms with Gasteiger partial charge in [-0.15, -0.1) is 0 Å². The number of carbonyl (C=O) groups is 1. The fraction of sp³-hybridized carbons (Fsp3) is 0.500. The van der Waals surface area contributed by atoms with E-state index in [1.165, 1.54) is 0 Å². The molecule has 0 bridgehead atoms. The van der Waals surface area contributed by atoms with Gasteiger partial charge in [0.2, 0.25) is 5.76 Å². The number of pyridine rings is 1. The van der Waals surface area contributed by atoms with Gasteiger partial charge in [-0.1, -0.05) is 18.1 Å². The second-order valence-electron chi connectivity index (χ2n) is 6.33. The van der Waals surface area contributed by atoms with E-state index in [-0.39, 0.29) is 11.9 Å². The summed E-state index contributed by atoms with van der Waals surface area (Å²) < 4.78 is 5.19. The Morgan fingerprint density at radius 3 is 3.00 bits per heavy atom. The number of hydrogen-bond donors (Lipinski definition) is 0. The molecule has 0 N–H and O–H groups in total. The first-order chi connectivity index (χ1) is 11.6. The minimum absolute atomic E-state index is 0.105. The molecule has 6 heteroatoms. The standard InChI is InChI=1S/C18H24N4O2/c1-4-14-11-16(24-20-14)18(23)21(3)15-8-6-10-22(12-15)17-9-5-7-13(2)19-17/h5,7,9,11,15H,4,6,8,10,12H2,1-3H3. The summed E-state index contributed by atoms with van der Waals surface area (Å²) in [6, 6.07) is 7.93. The van der Waals surface area contributed by atoms with Crippen molar-refractivity contribution in [3.8, 4) is 0 Å². The number of carbonyl (C=O) groups excluding carboxylic acids is 1. The van der Waals surface area contributed by atoms with Crippen LogP contribution in [0.2, 0.25) is 0 Å². The van der Waals surface area contributed by atoms with E-state index < -0.39 is 0 Å². The van der Waals surface area contributed by atoms with Gasteiger partial charge in [0.1, 0.15) is 5.82 Å². The molecule has 0 saturated carbocycles. The van der Waals surface area contributed by atoms with Crippen LogP contribution in [0, 0.1) is 6.92 Å². The molecule has 128 valence electrons. The van der Waals surface area contributed by atoms with Crippen LogP contribution < -0.4 is 4.90 Å². The highest BCUT2D eigenvalue weighted by atomic mass is 16.5. The Labute approximate surface area is 142 Å². The van der Waals surface area contributed by atoms with Crippen molar-refractivity contribution in [3.63, 3.8) is 0 Å². The topological polar surface area (TPSA) is 62.5 Å². The van der Waals surface area contributed by atoms with Gasteiger partial charge in [0.05, 0.1) is 5.69 Å². The summed E-state index contributed by atoms with van der Waals surface area (Å²) in [5.74, 6) is 1.19. The number of piperidine rings is 1. The second-order valence-corrected chi connectivity index (χ2v) is 6.33. The van der Waals surface area contributed by atoms with Crippen LogP contribution in [0.3, 0.4) is 0 Å². The highest BCUT2D eigenvalue weighted by Crippen LogP contribution is 2.22. The van der Waals surface area contributed by atoms with Gasteiger partial charge in [-0.05, 0) is 38.3 Å². The molecule has 3 rings (SSSR count). The molecule has 2 aromatic heterocycles. The van der Waals surface area contributed by atoms with Crippen molar-refractivity contribution in [1.82, 2.24) is 15.0 Å². The van der Waals surface area contributed by atoms with E-state index in [0.717, 1.165) is 49.6 Å². The van der Waals surface area contributed by atoms with Crippen molar-refractivity contribution in [2.75, 3.05) is 25.0 Å². The molecule has 1 amide bonds. The lowest BCUT2D eigenvalue weighted by Crippen LogP contribution is -2.48. The summed E-state index contributed by atoms with van der Waals surface area (Å²) in [4.78, 5) is 21.3. The normalized spacial score (nSPS) is 17.8. The van der Waals surface area contributed by atoms with E-state index >= 15 is 0 Å². The predicted octanol–water partition coefficient (Wildman–Crippen LogP) is 2.68. The highest BCUT2D eigenvalue weighted by Gasteiger charge is 2.29. The molecule has 0 aromatic carbocycles. The third-order valence-corrected chi connectivity index (χ3v) is 4.59. The summed E-state index contributed by atoms with van der Waals surface area (Å²) in [6.07, 6.45) is 2.78. The summed E-state index contributed by atoms with van der Waals surface area (Å²) in [7, 11) is 1.84. The Balaban J connectivity index is 1.70. The van der Waals surface area contributed by atoms with E-state index in [1.54, 1.807) is 11.0 Å². The molecule has 1 fully saturated rings. The number of aromatic nitrogens is 2. The van der Waals surface area contributed by atoms with Gasteiger partial charge in [-0.25, -0.2) is 4.98 Å². The maximum absolute atomic E-state index is 12.6. The first-order valence-electron chi connectivity index (χ1n) is 8.50. The molecule has 0 spiro atoms. The van der Waals surface area contributed by atoms with Crippen LogP contribution in [-0.4, -0.2) is 47.1 Å². The monoisotopic (exact) mass is 328 g/mol. The number of rotatable bonds is 4. The van der Waals surface area contributed by atoms with E-state index in [9.17, 15) is 4.79 Å². The van der Waals surface area contributed by atoms with Gasteiger partial charge in [-0.3, -0.25) is 4.79 Å². The van der Waals surface area contributed by atoms with Gasteiger partial charge in [-0.2, -0.15) is 0 Å². The molecule has 1 saturated heterocycles.